The van der Waals surface area contributed by atoms with Gasteiger partial charge in [-0.3, -0.25) is 9.89 Å². The summed E-state index contributed by atoms with van der Waals surface area (Å²) >= 11 is 3.49. The number of morpholine rings is 1. The Labute approximate surface area is 177 Å². The van der Waals surface area contributed by atoms with Gasteiger partial charge in [0, 0.05) is 49.7 Å². The molecular formula is C18H30BrIN4O. The molecule has 1 saturated heterocycles. The second kappa shape index (κ2) is 11.4. The first kappa shape index (κ1) is 22.7. The molecule has 142 valence electrons. The van der Waals surface area contributed by atoms with Gasteiger partial charge in [0.05, 0.1) is 13.2 Å². The highest BCUT2D eigenvalue weighted by atomic mass is 127. The summed E-state index contributed by atoms with van der Waals surface area (Å²) in [6.45, 7) is 10.9. The molecule has 0 radical (unpaired) electrons. The van der Waals surface area contributed by atoms with Gasteiger partial charge in [0.2, 0.25) is 0 Å². The maximum absolute atomic E-state index is 5.37. The van der Waals surface area contributed by atoms with E-state index in [4.69, 9.17) is 4.74 Å². The fourth-order valence-corrected chi connectivity index (χ4v) is 2.95. The first-order valence-corrected chi connectivity index (χ1v) is 9.31. The van der Waals surface area contributed by atoms with Crippen molar-refractivity contribution in [3.8, 4) is 0 Å². The van der Waals surface area contributed by atoms with Crippen molar-refractivity contribution in [2.24, 2.45) is 4.99 Å². The van der Waals surface area contributed by atoms with Crippen LogP contribution in [0.5, 0.6) is 0 Å². The Morgan fingerprint density at radius 3 is 2.44 bits per heavy atom. The normalized spacial score (nSPS) is 16.2. The highest BCUT2D eigenvalue weighted by Gasteiger charge is 2.20. The van der Waals surface area contributed by atoms with E-state index < -0.39 is 0 Å². The lowest BCUT2D eigenvalue weighted by Gasteiger charge is -2.28. The number of ether oxygens (including phenoxy) is 1. The molecule has 0 saturated carbocycles. The molecule has 1 heterocycles. The third-order valence-corrected chi connectivity index (χ3v) is 4.90. The highest BCUT2D eigenvalue weighted by Crippen LogP contribution is 2.23. The molecule has 2 rings (SSSR count). The van der Waals surface area contributed by atoms with Gasteiger partial charge in [-0.05, 0) is 17.7 Å². The van der Waals surface area contributed by atoms with Gasteiger partial charge >= 0.3 is 0 Å². The van der Waals surface area contributed by atoms with Gasteiger partial charge in [0.25, 0.3) is 0 Å². The molecule has 0 aromatic heterocycles. The fraction of sp³-hybridized carbons (Fsp3) is 0.611. The Morgan fingerprint density at radius 1 is 1.20 bits per heavy atom. The molecule has 0 spiro atoms. The van der Waals surface area contributed by atoms with Crippen molar-refractivity contribution in [1.82, 2.24) is 15.5 Å². The van der Waals surface area contributed by atoms with Gasteiger partial charge in [0.15, 0.2) is 5.96 Å². The number of nitrogens with zero attached hydrogens (tertiary/aromatic N) is 2. The van der Waals surface area contributed by atoms with E-state index in [-0.39, 0.29) is 29.4 Å². The number of benzene rings is 1. The number of rotatable bonds is 6. The predicted octanol–water partition coefficient (Wildman–Crippen LogP) is 2.84. The summed E-state index contributed by atoms with van der Waals surface area (Å²) in [7, 11) is 1.82. The summed E-state index contributed by atoms with van der Waals surface area (Å²) in [5.41, 5.74) is 1.34. The van der Waals surface area contributed by atoms with Crippen LogP contribution in [0.2, 0.25) is 0 Å². The molecule has 1 aliphatic rings. The molecule has 1 aromatic carbocycles. The minimum atomic E-state index is 0. The van der Waals surface area contributed by atoms with Crippen molar-refractivity contribution in [3.05, 3.63) is 34.3 Å². The minimum Gasteiger partial charge on any atom is -0.379 e. The largest absolute Gasteiger partial charge is 0.379 e. The molecule has 0 bridgehead atoms. The van der Waals surface area contributed by atoms with Crippen molar-refractivity contribution in [1.29, 1.82) is 0 Å². The molecule has 7 heteroatoms. The Bertz CT molecular complexity index is 530. The van der Waals surface area contributed by atoms with E-state index in [0.717, 1.165) is 56.4 Å². The molecule has 0 aliphatic carbocycles. The fourth-order valence-electron chi connectivity index (χ4n) is 2.69. The molecule has 2 N–H and O–H groups in total. The van der Waals surface area contributed by atoms with Crippen molar-refractivity contribution in [2.75, 3.05) is 53.0 Å². The van der Waals surface area contributed by atoms with Gasteiger partial charge in [0.1, 0.15) is 0 Å². The van der Waals surface area contributed by atoms with Crippen LogP contribution >= 0.6 is 39.9 Å². The van der Waals surface area contributed by atoms with E-state index in [9.17, 15) is 0 Å². The van der Waals surface area contributed by atoms with Crippen LogP contribution in [-0.4, -0.2) is 63.8 Å². The third kappa shape index (κ3) is 7.80. The monoisotopic (exact) mass is 524 g/mol. The van der Waals surface area contributed by atoms with E-state index in [2.05, 4.69) is 74.6 Å². The Kier molecular flexibility index (Phi) is 10.3. The van der Waals surface area contributed by atoms with Crippen molar-refractivity contribution >= 4 is 45.9 Å². The lowest BCUT2D eigenvalue weighted by molar-refractivity contribution is 0.0389. The van der Waals surface area contributed by atoms with Crippen molar-refractivity contribution < 1.29 is 4.74 Å². The Hall–Kier alpha value is -0.380. The number of hydrogen-bond donors (Lipinski definition) is 2. The SMILES string of the molecule is CN=C(NCCN1CCOCC1)NCC(C)(C)c1ccc(Br)cc1.I. The quantitative estimate of drug-likeness (QED) is 0.341. The summed E-state index contributed by atoms with van der Waals surface area (Å²) in [6, 6.07) is 8.51. The predicted molar refractivity (Wildman–Crippen MR) is 119 cm³/mol. The smallest absolute Gasteiger partial charge is 0.191 e. The maximum Gasteiger partial charge on any atom is 0.191 e. The van der Waals surface area contributed by atoms with Crippen LogP contribution in [0.15, 0.2) is 33.7 Å². The first-order chi connectivity index (χ1) is 11.5. The maximum atomic E-state index is 5.37. The number of halogens is 2. The van der Waals surface area contributed by atoms with Crippen molar-refractivity contribution in [2.45, 2.75) is 19.3 Å². The molecule has 5 nitrogen and oxygen atoms in total. The van der Waals surface area contributed by atoms with Gasteiger partial charge < -0.3 is 15.4 Å². The van der Waals surface area contributed by atoms with Crippen LogP contribution in [0.1, 0.15) is 19.4 Å². The first-order valence-electron chi connectivity index (χ1n) is 8.52. The minimum absolute atomic E-state index is 0. The van der Waals surface area contributed by atoms with Gasteiger partial charge in [-0.15, -0.1) is 24.0 Å². The average molecular weight is 525 g/mol. The number of nitrogens with one attached hydrogen (secondary N) is 2. The molecule has 25 heavy (non-hydrogen) atoms. The lowest BCUT2D eigenvalue weighted by atomic mass is 9.85. The van der Waals surface area contributed by atoms with Crippen molar-refractivity contribution in [3.63, 3.8) is 0 Å². The van der Waals surface area contributed by atoms with Crippen LogP contribution in [0, 0.1) is 0 Å². The zero-order valence-electron chi connectivity index (χ0n) is 15.3. The Balaban J connectivity index is 0.00000312. The number of aliphatic imine (C=N–C) groups is 1. The zero-order valence-corrected chi connectivity index (χ0v) is 19.3. The van der Waals surface area contributed by atoms with Gasteiger partial charge in [-0.25, -0.2) is 0 Å². The molecule has 0 atom stereocenters. The van der Waals surface area contributed by atoms with E-state index >= 15 is 0 Å². The van der Waals surface area contributed by atoms with Gasteiger partial charge in [-0.2, -0.15) is 0 Å². The molecule has 1 aliphatic heterocycles. The summed E-state index contributed by atoms with van der Waals surface area (Å²) in [5.74, 6) is 0.855. The number of guanidine groups is 1. The second-order valence-electron chi connectivity index (χ2n) is 6.70. The molecular weight excluding hydrogens is 495 g/mol. The summed E-state index contributed by atoms with van der Waals surface area (Å²) in [4.78, 5) is 6.74. The zero-order chi connectivity index (χ0) is 17.4. The van der Waals surface area contributed by atoms with E-state index in [1.807, 2.05) is 7.05 Å². The van der Waals surface area contributed by atoms with Crippen LogP contribution < -0.4 is 10.6 Å². The second-order valence-corrected chi connectivity index (χ2v) is 7.61. The molecule has 0 amide bonds. The molecule has 1 aromatic rings. The summed E-state index contributed by atoms with van der Waals surface area (Å²) in [6.07, 6.45) is 0. The highest BCUT2D eigenvalue weighted by molar-refractivity contribution is 14.0. The van der Waals surface area contributed by atoms with Crippen LogP contribution in [0.4, 0.5) is 0 Å². The van der Waals surface area contributed by atoms with E-state index in [1.165, 1.54) is 5.56 Å². The standard InChI is InChI=1S/C18H29BrN4O.HI/c1-18(2,15-4-6-16(19)7-5-15)14-22-17(20-3)21-8-9-23-10-12-24-13-11-23;/h4-7H,8-14H2,1-3H3,(H2,20,21,22);1H. The molecule has 1 fully saturated rings. The van der Waals surface area contributed by atoms with Gasteiger partial charge in [-0.1, -0.05) is 41.9 Å². The average Bonchev–Trinajstić information content (AvgIpc) is 2.59. The van der Waals surface area contributed by atoms with E-state index in [0.29, 0.717) is 0 Å². The van der Waals surface area contributed by atoms with Crippen LogP contribution in [-0.2, 0) is 10.2 Å². The summed E-state index contributed by atoms with van der Waals surface area (Å²) < 4.78 is 6.48. The topological polar surface area (TPSA) is 48.9 Å². The third-order valence-electron chi connectivity index (χ3n) is 4.37. The summed E-state index contributed by atoms with van der Waals surface area (Å²) in [5, 5.41) is 6.84. The van der Waals surface area contributed by atoms with Crippen LogP contribution in [0.25, 0.3) is 0 Å². The Morgan fingerprint density at radius 2 is 1.84 bits per heavy atom. The number of hydrogen-bond acceptors (Lipinski definition) is 3. The molecule has 0 unspecified atom stereocenters. The lowest BCUT2D eigenvalue weighted by Crippen LogP contribution is -2.46. The van der Waals surface area contributed by atoms with Crippen LogP contribution in [0.3, 0.4) is 0 Å². The van der Waals surface area contributed by atoms with E-state index in [1.54, 1.807) is 0 Å².